The van der Waals surface area contributed by atoms with Crippen molar-refractivity contribution in [3.8, 4) is 0 Å². The second-order valence-corrected chi connectivity index (χ2v) is 3.09. The second-order valence-electron chi connectivity index (χ2n) is 3.09. The highest BCUT2D eigenvalue weighted by atomic mass is 16.4. The van der Waals surface area contributed by atoms with Gasteiger partial charge in [0.05, 0.1) is 5.92 Å². The smallest absolute Gasteiger partial charge is 0.307 e. The van der Waals surface area contributed by atoms with Crippen LogP contribution in [-0.2, 0) is 9.59 Å². The maximum atomic E-state index is 10.9. The minimum absolute atomic E-state index is 0.0231. The number of carboxylic acid groups (broad SMARTS) is 1. The lowest BCUT2D eigenvalue weighted by Gasteiger charge is -2.10. The molecule has 62 valence electrons. The Balaban J connectivity index is 2.65. The molecule has 0 unspecified atom stereocenters. The number of carbonyl (C=O) groups is 2. The molecule has 3 heteroatoms. The molecule has 0 aromatic rings. The van der Waals surface area contributed by atoms with Gasteiger partial charge in [0.15, 0.2) is 0 Å². The van der Waals surface area contributed by atoms with Crippen LogP contribution in [0.1, 0.15) is 26.2 Å². The molecule has 0 aromatic heterocycles. The standard InChI is InChI=1S/C8H12O3/c1-5(9)6-3-2-4-7(6)8(10)11/h6-7H,2-4H2,1H3,(H,10,11)/t6-,7+/m0/s1. The Morgan fingerprint density at radius 3 is 2.18 bits per heavy atom. The van der Waals surface area contributed by atoms with E-state index >= 15 is 0 Å². The molecule has 1 aliphatic carbocycles. The third kappa shape index (κ3) is 1.59. The fourth-order valence-corrected chi connectivity index (χ4v) is 1.74. The molecule has 0 radical (unpaired) electrons. The Morgan fingerprint density at radius 1 is 1.27 bits per heavy atom. The van der Waals surface area contributed by atoms with Gasteiger partial charge in [-0.3, -0.25) is 9.59 Å². The summed E-state index contributed by atoms with van der Waals surface area (Å²) in [6, 6.07) is 0. The zero-order valence-corrected chi connectivity index (χ0v) is 6.54. The molecule has 0 heterocycles. The predicted octanol–water partition coefficient (Wildman–Crippen LogP) is 1.08. The van der Waals surface area contributed by atoms with Gasteiger partial charge in [0.25, 0.3) is 0 Å². The summed E-state index contributed by atoms with van der Waals surface area (Å²) in [4.78, 5) is 21.5. The normalized spacial score (nSPS) is 30.3. The van der Waals surface area contributed by atoms with Crippen molar-refractivity contribution in [3.05, 3.63) is 0 Å². The molecule has 0 amide bonds. The summed E-state index contributed by atoms with van der Waals surface area (Å²) in [7, 11) is 0. The van der Waals surface area contributed by atoms with Gasteiger partial charge < -0.3 is 5.11 Å². The van der Waals surface area contributed by atoms with E-state index in [2.05, 4.69) is 0 Å². The van der Waals surface area contributed by atoms with Crippen molar-refractivity contribution in [1.82, 2.24) is 0 Å². The molecule has 1 N–H and O–H groups in total. The topological polar surface area (TPSA) is 54.4 Å². The molecule has 0 aromatic carbocycles. The van der Waals surface area contributed by atoms with Crippen LogP contribution >= 0.6 is 0 Å². The van der Waals surface area contributed by atoms with Crippen LogP contribution < -0.4 is 0 Å². The van der Waals surface area contributed by atoms with Gasteiger partial charge in [-0.1, -0.05) is 6.42 Å². The number of ketones is 1. The maximum Gasteiger partial charge on any atom is 0.307 e. The number of Topliss-reactive ketones (excluding diaryl/α,β-unsaturated/α-hetero) is 1. The van der Waals surface area contributed by atoms with Crippen molar-refractivity contribution in [2.75, 3.05) is 0 Å². The molecule has 11 heavy (non-hydrogen) atoms. The van der Waals surface area contributed by atoms with Crippen LogP contribution in [0.3, 0.4) is 0 Å². The molecule has 3 nitrogen and oxygen atoms in total. The third-order valence-electron chi connectivity index (χ3n) is 2.36. The number of hydrogen-bond acceptors (Lipinski definition) is 2. The lowest BCUT2D eigenvalue weighted by molar-refractivity contribution is -0.145. The first-order valence-electron chi connectivity index (χ1n) is 3.86. The molecule has 1 aliphatic rings. The van der Waals surface area contributed by atoms with E-state index in [0.29, 0.717) is 6.42 Å². The molecular weight excluding hydrogens is 144 g/mol. The first kappa shape index (κ1) is 8.24. The molecular formula is C8H12O3. The summed E-state index contributed by atoms with van der Waals surface area (Å²) < 4.78 is 0. The summed E-state index contributed by atoms with van der Waals surface area (Å²) >= 11 is 0. The largest absolute Gasteiger partial charge is 0.481 e. The van der Waals surface area contributed by atoms with Gasteiger partial charge >= 0.3 is 5.97 Å². The van der Waals surface area contributed by atoms with E-state index in [1.165, 1.54) is 6.92 Å². The van der Waals surface area contributed by atoms with Crippen molar-refractivity contribution in [2.45, 2.75) is 26.2 Å². The second kappa shape index (κ2) is 3.03. The first-order chi connectivity index (χ1) is 5.13. The van der Waals surface area contributed by atoms with Gasteiger partial charge in [-0.2, -0.15) is 0 Å². The number of hydrogen-bond donors (Lipinski definition) is 1. The zero-order chi connectivity index (χ0) is 8.43. The van der Waals surface area contributed by atoms with Gasteiger partial charge in [-0.05, 0) is 19.8 Å². The van der Waals surface area contributed by atoms with E-state index in [1.54, 1.807) is 0 Å². The third-order valence-corrected chi connectivity index (χ3v) is 2.36. The molecule has 2 atom stereocenters. The highest BCUT2D eigenvalue weighted by Gasteiger charge is 2.35. The van der Waals surface area contributed by atoms with Gasteiger partial charge in [0.2, 0.25) is 0 Å². The van der Waals surface area contributed by atoms with Gasteiger partial charge in [0.1, 0.15) is 5.78 Å². The minimum atomic E-state index is -0.817. The highest BCUT2D eigenvalue weighted by Crippen LogP contribution is 2.32. The lowest BCUT2D eigenvalue weighted by atomic mass is 9.93. The van der Waals surface area contributed by atoms with Crippen LogP contribution in [0.4, 0.5) is 0 Å². The van der Waals surface area contributed by atoms with E-state index in [0.717, 1.165) is 12.8 Å². The maximum absolute atomic E-state index is 10.9. The van der Waals surface area contributed by atoms with Gasteiger partial charge in [-0.25, -0.2) is 0 Å². The average Bonchev–Trinajstić information content (AvgIpc) is 2.32. The van der Waals surface area contributed by atoms with Crippen molar-refractivity contribution < 1.29 is 14.7 Å². The van der Waals surface area contributed by atoms with Crippen molar-refractivity contribution in [2.24, 2.45) is 11.8 Å². The van der Waals surface area contributed by atoms with Crippen LogP contribution in [0, 0.1) is 11.8 Å². The average molecular weight is 156 g/mol. The Hall–Kier alpha value is -0.860. The Kier molecular flexibility index (Phi) is 2.27. The SMILES string of the molecule is CC(=O)[C@@H]1CCC[C@H]1C(=O)O. The number of carbonyl (C=O) groups excluding carboxylic acids is 1. The van der Waals surface area contributed by atoms with E-state index in [4.69, 9.17) is 5.11 Å². The Labute approximate surface area is 65.4 Å². The summed E-state index contributed by atoms with van der Waals surface area (Å²) in [6.07, 6.45) is 2.30. The molecule has 0 bridgehead atoms. The zero-order valence-electron chi connectivity index (χ0n) is 6.54. The fraction of sp³-hybridized carbons (Fsp3) is 0.750. The molecule has 1 saturated carbocycles. The van der Waals surface area contributed by atoms with Crippen LogP contribution in [0.5, 0.6) is 0 Å². The number of aliphatic carboxylic acids is 1. The Bertz CT molecular complexity index is 166. The van der Waals surface area contributed by atoms with E-state index < -0.39 is 11.9 Å². The van der Waals surface area contributed by atoms with E-state index in [-0.39, 0.29) is 11.7 Å². The fourth-order valence-electron chi connectivity index (χ4n) is 1.74. The molecule has 1 rings (SSSR count). The number of carboxylic acids is 1. The summed E-state index contributed by atoms with van der Waals surface area (Å²) in [5.74, 6) is -1.42. The minimum Gasteiger partial charge on any atom is -0.481 e. The van der Waals surface area contributed by atoms with Gasteiger partial charge in [0, 0.05) is 5.92 Å². The van der Waals surface area contributed by atoms with Crippen LogP contribution in [0.2, 0.25) is 0 Å². The molecule has 0 aliphatic heterocycles. The lowest BCUT2D eigenvalue weighted by Crippen LogP contribution is -2.23. The molecule has 0 spiro atoms. The van der Waals surface area contributed by atoms with Gasteiger partial charge in [-0.15, -0.1) is 0 Å². The van der Waals surface area contributed by atoms with Crippen molar-refractivity contribution in [1.29, 1.82) is 0 Å². The van der Waals surface area contributed by atoms with Crippen LogP contribution in [-0.4, -0.2) is 16.9 Å². The van der Waals surface area contributed by atoms with E-state index in [1.807, 2.05) is 0 Å². The monoisotopic (exact) mass is 156 g/mol. The predicted molar refractivity (Wildman–Crippen MR) is 39.1 cm³/mol. The number of rotatable bonds is 2. The Morgan fingerprint density at radius 2 is 1.82 bits per heavy atom. The molecule has 1 fully saturated rings. The highest BCUT2D eigenvalue weighted by molar-refractivity contribution is 5.84. The quantitative estimate of drug-likeness (QED) is 0.650. The van der Waals surface area contributed by atoms with Crippen LogP contribution in [0.25, 0.3) is 0 Å². The summed E-state index contributed by atoms with van der Waals surface area (Å²) in [5.41, 5.74) is 0. The van der Waals surface area contributed by atoms with Crippen molar-refractivity contribution >= 4 is 11.8 Å². The summed E-state index contributed by atoms with van der Waals surface area (Å²) in [6.45, 7) is 1.48. The summed E-state index contributed by atoms with van der Waals surface area (Å²) in [5, 5.41) is 8.68. The van der Waals surface area contributed by atoms with E-state index in [9.17, 15) is 9.59 Å². The molecule has 0 saturated heterocycles. The van der Waals surface area contributed by atoms with Crippen LogP contribution in [0.15, 0.2) is 0 Å². The van der Waals surface area contributed by atoms with Crippen molar-refractivity contribution in [3.63, 3.8) is 0 Å². The first-order valence-corrected chi connectivity index (χ1v) is 3.86.